The quantitative estimate of drug-likeness (QED) is 0.691. The zero-order valence-electron chi connectivity index (χ0n) is 11.5. The largest absolute Gasteiger partial charge is 0.324 e. The Morgan fingerprint density at radius 1 is 1.14 bits per heavy atom. The first-order chi connectivity index (χ1) is 10.0. The molecule has 2 rings (SSSR count). The second kappa shape index (κ2) is 8.01. The van der Waals surface area contributed by atoms with Gasteiger partial charge in [0.15, 0.2) is 0 Å². The van der Waals surface area contributed by atoms with E-state index < -0.39 is 0 Å². The minimum Gasteiger partial charge on any atom is -0.324 e. The fourth-order valence-corrected chi connectivity index (χ4v) is 3.39. The lowest BCUT2D eigenvalue weighted by atomic mass is 10.2. The monoisotopic (exact) mass is 427 g/mol. The highest BCUT2D eigenvalue weighted by atomic mass is 79.9. The first-order valence-corrected chi connectivity index (χ1v) is 9.17. The lowest BCUT2D eigenvalue weighted by Gasteiger charge is -2.08. The van der Waals surface area contributed by atoms with Gasteiger partial charge < -0.3 is 5.32 Å². The maximum absolute atomic E-state index is 11.9. The van der Waals surface area contributed by atoms with Crippen LogP contribution in [0.1, 0.15) is 11.1 Å². The van der Waals surface area contributed by atoms with Crippen molar-refractivity contribution in [2.75, 3.05) is 11.1 Å². The van der Waals surface area contributed by atoms with Crippen LogP contribution in [0.4, 0.5) is 5.69 Å². The van der Waals surface area contributed by atoms with Crippen LogP contribution >= 0.6 is 43.6 Å². The molecule has 2 nitrogen and oxygen atoms in total. The van der Waals surface area contributed by atoms with Gasteiger partial charge in [-0.05, 0) is 58.2 Å². The van der Waals surface area contributed by atoms with Crippen LogP contribution in [0.2, 0.25) is 0 Å². The van der Waals surface area contributed by atoms with Crippen molar-refractivity contribution in [3.05, 3.63) is 62.5 Å². The number of aryl methyl sites for hydroxylation is 1. The van der Waals surface area contributed by atoms with E-state index in [1.165, 1.54) is 5.56 Å². The van der Waals surface area contributed by atoms with Gasteiger partial charge in [-0.15, -0.1) is 11.8 Å². The summed E-state index contributed by atoms with van der Waals surface area (Å²) in [4.78, 5) is 11.9. The normalized spacial score (nSPS) is 10.4. The summed E-state index contributed by atoms with van der Waals surface area (Å²) in [6, 6.07) is 14.0. The summed E-state index contributed by atoms with van der Waals surface area (Å²) in [7, 11) is 0. The molecule has 0 atom stereocenters. The Morgan fingerprint density at radius 3 is 2.52 bits per heavy atom. The number of carbonyl (C=O) groups excluding carboxylic acids is 1. The summed E-state index contributed by atoms with van der Waals surface area (Å²) < 4.78 is 1.98. The first-order valence-electron chi connectivity index (χ1n) is 6.43. The van der Waals surface area contributed by atoms with Crippen molar-refractivity contribution in [3.8, 4) is 0 Å². The van der Waals surface area contributed by atoms with Crippen molar-refractivity contribution in [2.45, 2.75) is 12.7 Å². The van der Waals surface area contributed by atoms with Gasteiger partial charge in [-0.1, -0.05) is 34.1 Å². The van der Waals surface area contributed by atoms with E-state index in [1.807, 2.05) is 37.3 Å². The van der Waals surface area contributed by atoms with Crippen LogP contribution in [-0.4, -0.2) is 11.7 Å². The number of anilines is 1. The molecule has 110 valence electrons. The zero-order chi connectivity index (χ0) is 15.2. The third-order valence-corrected chi connectivity index (χ3v) is 5.00. The average Bonchev–Trinajstić information content (AvgIpc) is 2.44. The first kappa shape index (κ1) is 16.6. The number of amides is 1. The van der Waals surface area contributed by atoms with Crippen LogP contribution < -0.4 is 5.32 Å². The molecule has 0 unspecified atom stereocenters. The van der Waals surface area contributed by atoms with Crippen LogP contribution in [0, 0.1) is 6.92 Å². The molecule has 0 aliphatic heterocycles. The Bertz CT molecular complexity index is 629. The topological polar surface area (TPSA) is 29.1 Å². The molecule has 0 bridgehead atoms. The van der Waals surface area contributed by atoms with Gasteiger partial charge in [0.05, 0.1) is 11.4 Å². The fourth-order valence-electron chi connectivity index (χ4n) is 1.75. The molecule has 5 heteroatoms. The van der Waals surface area contributed by atoms with Gasteiger partial charge in [-0.3, -0.25) is 4.79 Å². The molecule has 0 fully saturated rings. The lowest BCUT2D eigenvalue weighted by Crippen LogP contribution is -2.14. The predicted molar refractivity (Wildman–Crippen MR) is 97.8 cm³/mol. The molecule has 0 aromatic heterocycles. The van der Waals surface area contributed by atoms with E-state index in [9.17, 15) is 4.79 Å². The van der Waals surface area contributed by atoms with Crippen molar-refractivity contribution in [1.29, 1.82) is 0 Å². The van der Waals surface area contributed by atoms with E-state index in [4.69, 9.17) is 0 Å². The molecule has 0 spiro atoms. The van der Waals surface area contributed by atoms with Crippen LogP contribution in [0.25, 0.3) is 0 Å². The van der Waals surface area contributed by atoms with Crippen LogP contribution in [0.5, 0.6) is 0 Å². The maximum atomic E-state index is 11.9. The number of nitrogens with one attached hydrogen (secondary N) is 1. The Labute approximate surface area is 146 Å². The molecular weight excluding hydrogens is 414 g/mol. The third-order valence-electron chi connectivity index (χ3n) is 2.81. The second-order valence-electron chi connectivity index (χ2n) is 4.65. The molecule has 1 N–H and O–H groups in total. The molecule has 21 heavy (non-hydrogen) atoms. The van der Waals surface area contributed by atoms with Crippen LogP contribution in [-0.2, 0) is 10.5 Å². The number of halogens is 2. The molecule has 0 aliphatic rings. The van der Waals surface area contributed by atoms with E-state index in [-0.39, 0.29) is 5.91 Å². The Morgan fingerprint density at radius 2 is 1.86 bits per heavy atom. The summed E-state index contributed by atoms with van der Waals surface area (Å²) in [5, 5.41) is 2.92. The molecule has 0 saturated heterocycles. The van der Waals surface area contributed by atoms with Crippen molar-refractivity contribution in [2.24, 2.45) is 0 Å². The van der Waals surface area contributed by atoms with Gasteiger partial charge in [0.1, 0.15) is 0 Å². The van der Waals surface area contributed by atoms with E-state index in [1.54, 1.807) is 11.8 Å². The zero-order valence-corrected chi connectivity index (χ0v) is 15.5. The van der Waals surface area contributed by atoms with Crippen LogP contribution in [0.15, 0.2) is 51.4 Å². The summed E-state index contributed by atoms with van der Waals surface area (Å²) in [5.41, 5.74) is 3.19. The van der Waals surface area contributed by atoms with Gasteiger partial charge in [0.2, 0.25) is 5.91 Å². The van der Waals surface area contributed by atoms with Gasteiger partial charge >= 0.3 is 0 Å². The van der Waals surface area contributed by atoms with E-state index in [0.717, 1.165) is 25.9 Å². The van der Waals surface area contributed by atoms with E-state index >= 15 is 0 Å². The van der Waals surface area contributed by atoms with Crippen molar-refractivity contribution < 1.29 is 4.79 Å². The molecule has 2 aromatic carbocycles. The third kappa shape index (κ3) is 5.49. The van der Waals surface area contributed by atoms with Gasteiger partial charge in [0.25, 0.3) is 0 Å². The minimum absolute atomic E-state index is 0.0154. The van der Waals surface area contributed by atoms with Crippen molar-refractivity contribution in [3.63, 3.8) is 0 Å². The molecule has 1 amide bonds. The van der Waals surface area contributed by atoms with Crippen LogP contribution in [0.3, 0.4) is 0 Å². The molecular formula is C16H15Br2NOS. The highest BCUT2D eigenvalue weighted by Crippen LogP contribution is 2.23. The molecule has 0 radical (unpaired) electrons. The highest BCUT2D eigenvalue weighted by molar-refractivity contribution is 9.10. The number of carbonyl (C=O) groups is 1. The molecule has 2 aromatic rings. The van der Waals surface area contributed by atoms with E-state index in [2.05, 4.69) is 49.3 Å². The Hall–Kier alpha value is -0.780. The number of rotatable bonds is 5. The van der Waals surface area contributed by atoms with Gasteiger partial charge in [0, 0.05) is 14.7 Å². The lowest BCUT2D eigenvalue weighted by molar-refractivity contribution is -0.113. The Balaban J connectivity index is 1.81. The predicted octanol–water partition coefficient (Wildman–Crippen LogP) is 5.39. The standard InChI is InChI=1S/C16H15Br2NOS/c1-11-2-7-15(14(18)8-11)19-16(20)10-21-9-12-3-5-13(17)6-4-12/h2-8H,9-10H2,1H3,(H,19,20). The number of benzene rings is 2. The fraction of sp³-hybridized carbons (Fsp3) is 0.188. The summed E-state index contributed by atoms with van der Waals surface area (Å²) in [6.45, 7) is 2.02. The number of hydrogen-bond acceptors (Lipinski definition) is 2. The maximum Gasteiger partial charge on any atom is 0.234 e. The van der Waals surface area contributed by atoms with Crippen molar-refractivity contribution in [1.82, 2.24) is 0 Å². The molecule has 0 saturated carbocycles. The Kier molecular flexibility index (Phi) is 6.33. The highest BCUT2D eigenvalue weighted by Gasteiger charge is 2.06. The minimum atomic E-state index is 0.0154. The second-order valence-corrected chi connectivity index (χ2v) is 7.41. The molecule has 0 aliphatic carbocycles. The summed E-state index contributed by atoms with van der Waals surface area (Å²) >= 11 is 8.48. The smallest absolute Gasteiger partial charge is 0.234 e. The van der Waals surface area contributed by atoms with Gasteiger partial charge in [-0.25, -0.2) is 0 Å². The SMILES string of the molecule is Cc1ccc(NC(=O)CSCc2ccc(Br)cc2)c(Br)c1. The van der Waals surface area contributed by atoms with Gasteiger partial charge in [-0.2, -0.15) is 0 Å². The number of thioether (sulfide) groups is 1. The van der Waals surface area contributed by atoms with E-state index in [0.29, 0.717) is 5.75 Å². The summed E-state index contributed by atoms with van der Waals surface area (Å²) in [6.07, 6.45) is 0. The average molecular weight is 429 g/mol. The van der Waals surface area contributed by atoms with Crippen molar-refractivity contribution >= 4 is 55.2 Å². The molecule has 0 heterocycles. The summed E-state index contributed by atoms with van der Waals surface area (Å²) in [5.74, 6) is 1.29. The number of hydrogen-bond donors (Lipinski definition) is 1.